The van der Waals surface area contributed by atoms with Crippen molar-refractivity contribution < 1.29 is 19.0 Å². The predicted octanol–water partition coefficient (Wildman–Crippen LogP) is 6.98. The molecule has 0 atom stereocenters. The quantitative estimate of drug-likeness (QED) is 0.152. The molecule has 2 aromatic heterocycles. The molecule has 1 N–H and O–H groups in total. The van der Waals surface area contributed by atoms with Crippen molar-refractivity contribution >= 4 is 17.3 Å². The number of nitrogens with zero attached hydrogens (tertiary/aromatic N) is 1. The van der Waals surface area contributed by atoms with Crippen LogP contribution in [0, 0.1) is 0 Å². The first kappa shape index (κ1) is 23.6. The van der Waals surface area contributed by atoms with Gasteiger partial charge in [-0.05, 0) is 30.0 Å². The molecule has 0 saturated heterocycles. The molecular weight excluding hydrogens is 448 g/mol. The van der Waals surface area contributed by atoms with Crippen molar-refractivity contribution in [1.82, 2.24) is 9.97 Å². The standard InChI is InChI=1S/C27H28N2O4S/c1-4-5-7-14-23(30)33-26-20(31-2)16-19(17-21(26)32-3)27-28-24(18-11-8-6-9-12-18)25(29-27)22-13-10-15-34-22/h6,8-13,15-17H,4-5,7,14H2,1-3H3,(H,28,29). The molecule has 0 aliphatic carbocycles. The molecule has 0 amide bonds. The highest BCUT2D eigenvalue weighted by molar-refractivity contribution is 7.13. The van der Waals surface area contributed by atoms with Crippen LogP contribution in [0.15, 0.2) is 60.0 Å². The largest absolute Gasteiger partial charge is 0.493 e. The summed E-state index contributed by atoms with van der Waals surface area (Å²) in [6.07, 6.45) is 3.16. The van der Waals surface area contributed by atoms with E-state index in [1.54, 1.807) is 25.6 Å². The van der Waals surface area contributed by atoms with Crippen LogP contribution in [0.1, 0.15) is 32.6 Å². The van der Waals surface area contributed by atoms with E-state index in [-0.39, 0.29) is 11.7 Å². The molecule has 4 rings (SSSR count). The van der Waals surface area contributed by atoms with Gasteiger partial charge in [0.15, 0.2) is 11.5 Å². The second-order valence-electron chi connectivity index (χ2n) is 7.79. The van der Waals surface area contributed by atoms with Crippen molar-refractivity contribution in [1.29, 1.82) is 0 Å². The van der Waals surface area contributed by atoms with E-state index in [9.17, 15) is 4.79 Å². The van der Waals surface area contributed by atoms with Crippen molar-refractivity contribution in [3.63, 3.8) is 0 Å². The van der Waals surface area contributed by atoms with E-state index in [0.717, 1.165) is 46.7 Å². The fourth-order valence-electron chi connectivity index (χ4n) is 3.72. The highest BCUT2D eigenvalue weighted by atomic mass is 32.1. The van der Waals surface area contributed by atoms with Crippen molar-refractivity contribution in [2.75, 3.05) is 14.2 Å². The molecule has 34 heavy (non-hydrogen) atoms. The van der Waals surface area contributed by atoms with E-state index in [2.05, 4.69) is 18.0 Å². The Kier molecular flexibility index (Phi) is 7.65. The molecule has 6 nitrogen and oxygen atoms in total. The fourth-order valence-corrected chi connectivity index (χ4v) is 4.44. The highest BCUT2D eigenvalue weighted by Crippen LogP contribution is 2.43. The number of carbonyl (C=O) groups is 1. The Bertz CT molecular complexity index is 1210. The Balaban J connectivity index is 1.74. The number of H-pyrrole nitrogens is 1. The molecule has 0 radical (unpaired) electrons. The van der Waals surface area contributed by atoms with Gasteiger partial charge < -0.3 is 19.2 Å². The van der Waals surface area contributed by atoms with Gasteiger partial charge >= 0.3 is 5.97 Å². The third-order valence-electron chi connectivity index (χ3n) is 5.45. The van der Waals surface area contributed by atoms with Crippen molar-refractivity contribution in [3.05, 3.63) is 60.0 Å². The summed E-state index contributed by atoms with van der Waals surface area (Å²) in [5, 5.41) is 2.04. The normalized spacial score (nSPS) is 10.8. The molecule has 0 aliphatic rings. The third-order valence-corrected chi connectivity index (χ3v) is 6.34. The molecule has 7 heteroatoms. The van der Waals surface area contributed by atoms with Crippen molar-refractivity contribution in [3.8, 4) is 50.5 Å². The van der Waals surface area contributed by atoms with Crippen LogP contribution in [-0.2, 0) is 4.79 Å². The Morgan fingerprint density at radius 2 is 1.71 bits per heavy atom. The zero-order valence-electron chi connectivity index (χ0n) is 19.6. The zero-order chi connectivity index (χ0) is 23.9. The molecule has 0 unspecified atom stereocenters. The van der Waals surface area contributed by atoms with Crippen LogP contribution in [0.25, 0.3) is 33.2 Å². The van der Waals surface area contributed by atoms with Crippen LogP contribution in [0.5, 0.6) is 17.2 Å². The number of unbranched alkanes of at least 4 members (excludes halogenated alkanes) is 2. The first-order valence-corrected chi connectivity index (χ1v) is 12.2. The second-order valence-corrected chi connectivity index (χ2v) is 8.74. The summed E-state index contributed by atoms with van der Waals surface area (Å²) in [7, 11) is 3.09. The lowest BCUT2D eigenvalue weighted by molar-refractivity contribution is -0.134. The number of ether oxygens (including phenoxy) is 3. The summed E-state index contributed by atoms with van der Waals surface area (Å²) < 4.78 is 16.8. The van der Waals surface area contributed by atoms with Gasteiger partial charge in [-0.25, -0.2) is 4.98 Å². The predicted molar refractivity (Wildman–Crippen MR) is 136 cm³/mol. The van der Waals surface area contributed by atoms with Crippen molar-refractivity contribution in [2.24, 2.45) is 0 Å². The molecule has 2 heterocycles. The average Bonchev–Trinajstić information content (AvgIpc) is 3.55. The van der Waals surface area contributed by atoms with Crippen LogP contribution in [0.2, 0.25) is 0 Å². The average molecular weight is 477 g/mol. The molecule has 4 aromatic rings. The topological polar surface area (TPSA) is 73.4 Å². The van der Waals surface area contributed by atoms with E-state index < -0.39 is 0 Å². The summed E-state index contributed by atoms with van der Waals surface area (Å²) >= 11 is 1.65. The van der Waals surface area contributed by atoms with E-state index in [1.807, 2.05) is 53.9 Å². The summed E-state index contributed by atoms with van der Waals surface area (Å²) in [5.41, 5.74) is 3.59. The van der Waals surface area contributed by atoms with Crippen LogP contribution < -0.4 is 14.2 Å². The minimum Gasteiger partial charge on any atom is -0.493 e. The summed E-state index contributed by atoms with van der Waals surface area (Å²) in [6, 6.07) is 17.8. The van der Waals surface area contributed by atoms with Crippen molar-refractivity contribution in [2.45, 2.75) is 32.6 Å². The lowest BCUT2D eigenvalue weighted by atomic mass is 10.1. The van der Waals surface area contributed by atoms with E-state index in [4.69, 9.17) is 19.2 Å². The number of esters is 1. The first-order chi connectivity index (χ1) is 16.6. The Morgan fingerprint density at radius 3 is 2.32 bits per heavy atom. The van der Waals surface area contributed by atoms with Gasteiger partial charge in [-0.1, -0.05) is 56.2 Å². The lowest BCUT2D eigenvalue weighted by Crippen LogP contribution is -2.09. The summed E-state index contributed by atoms with van der Waals surface area (Å²) in [5.74, 6) is 1.47. The Morgan fingerprint density at radius 1 is 0.971 bits per heavy atom. The van der Waals surface area contributed by atoms with Gasteiger partial charge in [0.25, 0.3) is 0 Å². The molecule has 2 aromatic carbocycles. The molecule has 0 spiro atoms. The number of hydrogen-bond acceptors (Lipinski definition) is 6. The number of hydrogen-bond donors (Lipinski definition) is 1. The number of aromatic amines is 1. The molecule has 176 valence electrons. The molecule has 0 fully saturated rings. The Hall–Kier alpha value is -3.58. The smallest absolute Gasteiger partial charge is 0.311 e. The second kappa shape index (κ2) is 11.0. The molecule has 0 saturated carbocycles. The first-order valence-electron chi connectivity index (χ1n) is 11.3. The maximum absolute atomic E-state index is 12.4. The minimum absolute atomic E-state index is 0.281. The van der Waals surface area contributed by atoms with E-state index in [1.165, 1.54) is 0 Å². The number of rotatable bonds is 10. The fraction of sp³-hybridized carbons (Fsp3) is 0.259. The molecular formula is C27H28N2O4S. The van der Waals surface area contributed by atoms with Gasteiger partial charge in [-0.3, -0.25) is 4.79 Å². The number of methoxy groups -OCH3 is 2. The summed E-state index contributed by atoms with van der Waals surface area (Å²) in [6.45, 7) is 2.10. The number of benzene rings is 2. The van der Waals surface area contributed by atoms with E-state index in [0.29, 0.717) is 23.7 Å². The zero-order valence-corrected chi connectivity index (χ0v) is 20.4. The monoisotopic (exact) mass is 476 g/mol. The van der Waals surface area contributed by atoms with Crippen LogP contribution >= 0.6 is 11.3 Å². The number of carbonyl (C=O) groups excluding carboxylic acids is 1. The van der Waals surface area contributed by atoms with Gasteiger partial charge in [0, 0.05) is 17.5 Å². The SMILES string of the molecule is CCCCCC(=O)Oc1c(OC)cc(-c2nc(-c3ccccc3)c(-c3cccs3)[nH]2)cc1OC. The van der Waals surface area contributed by atoms with Gasteiger partial charge in [0.05, 0.1) is 30.5 Å². The van der Waals surface area contributed by atoms with E-state index >= 15 is 0 Å². The van der Waals surface area contributed by atoms with Gasteiger partial charge in [0.2, 0.25) is 5.75 Å². The van der Waals surface area contributed by atoms with Gasteiger partial charge in [0.1, 0.15) is 5.82 Å². The minimum atomic E-state index is -0.304. The van der Waals surface area contributed by atoms with Crippen LogP contribution in [0.3, 0.4) is 0 Å². The number of nitrogens with one attached hydrogen (secondary N) is 1. The maximum Gasteiger partial charge on any atom is 0.311 e. The van der Waals surface area contributed by atoms with Gasteiger partial charge in [-0.2, -0.15) is 0 Å². The highest BCUT2D eigenvalue weighted by Gasteiger charge is 2.21. The number of thiophene rings is 1. The third kappa shape index (κ3) is 5.15. The molecule has 0 aliphatic heterocycles. The van der Waals surface area contributed by atoms with Gasteiger partial charge in [-0.15, -0.1) is 11.3 Å². The summed E-state index contributed by atoms with van der Waals surface area (Å²) in [4.78, 5) is 21.9. The maximum atomic E-state index is 12.4. The number of aromatic nitrogens is 2. The number of imidazole rings is 1. The van der Waals surface area contributed by atoms with Crippen LogP contribution in [-0.4, -0.2) is 30.2 Å². The Labute approximate surface area is 203 Å². The van der Waals surface area contributed by atoms with Crippen LogP contribution in [0.4, 0.5) is 0 Å². The lowest BCUT2D eigenvalue weighted by Gasteiger charge is -2.14. The molecule has 0 bridgehead atoms.